The topological polar surface area (TPSA) is 58.6 Å². The molecule has 5 nitrogen and oxygen atoms in total. The maximum atomic E-state index is 14.0. The summed E-state index contributed by atoms with van der Waals surface area (Å²) in [6.07, 6.45) is 0. The number of halogens is 1. The highest BCUT2D eigenvalue weighted by Gasteiger charge is 2.43. The monoisotopic (exact) mass is 402 g/mol. The molecular weight excluding hydrogens is 379 g/mol. The van der Waals surface area contributed by atoms with Crippen molar-refractivity contribution in [1.29, 1.82) is 0 Å². The maximum absolute atomic E-state index is 14.0. The zero-order valence-corrected chi connectivity index (χ0v) is 16.6. The summed E-state index contributed by atoms with van der Waals surface area (Å²) in [6.45, 7) is 4.19. The summed E-state index contributed by atoms with van der Waals surface area (Å²) in [7, 11) is 0. The minimum Gasteiger partial charge on any atom is -0.464 e. The van der Waals surface area contributed by atoms with E-state index in [2.05, 4.69) is 5.32 Å². The van der Waals surface area contributed by atoms with E-state index >= 15 is 0 Å². The van der Waals surface area contributed by atoms with Crippen LogP contribution in [0.25, 0.3) is 0 Å². The molecule has 1 N–H and O–H groups in total. The van der Waals surface area contributed by atoms with Crippen LogP contribution in [0.5, 0.6) is 0 Å². The lowest BCUT2D eigenvalue weighted by Crippen LogP contribution is -2.46. The summed E-state index contributed by atoms with van der Waals surface area (Å²) >= 11 is 1.49. The van der Waals surface area contributed by atoms with Gasteiger partial charge in [0.1, 0.15) is 17.2 Å². The van der Waals surface area contributed by atoms with Gasteiger partial charge in [-0.25, -0.2) is 14.0 Å². The second-order valence-corrected chi connectivity index (χ2v) is 8.07. The molecular formula is C21H23FN2O3S. The summed E-state index contributed by atoms with van der Waals surface area (Å²) in [5.74, 6) is -0.355. The van der Waals surface area contributed by atoms with E-state index in [1.54, 1.807) is 12.1 Å². The third kappa shape index (κ3) is 4.65. The van der Waals surface area contributed by atoms with Gasteiger partial charge in [0.05, 0.1) is 12.3 Å². The standard InChI is InChI=1S/C21H23FN2O3S/c1-14(2)12-27-20(25)18-13-28-19(15-8-4-3-5-9-15)24(18)21(26)23-17-11-7-6-10-16(17)22/h3-11,14,18-19H,12-13H2,1-2H3,(H,23,26). The summed E-state index contributed by atoms with van der Waals surface area (Å²) in [5, 5.41) is 2.24. The minimum absolute atomic E-state index is 0.0745. The number of carbonyl (C=O) groups excluding carboxylic acids is 2. The molecule has 2 aromatic carbocycles. The Bertz CT molecular complexity index is 831. The van der Waals surface area contributed by atoms with Crippen molar-refractivity contribution < 1.29 is 18.7 Å². The van der Waals surface area contributed by atoms with Gasteiger partial charge in [0.25, 0.3) is 0 Å². The van der Waals surface area contributed by atoms with E-state index in [0.29, 0.717) is 12.4 Å². The van der Waals surface area contributed by atoms with Crippen molar-refractivity contribution in [3.8, 4) is 0 Å². The van der Waals surface area contributed by atoms with Gasteiger partial charge in [-0.2, -0.15) is 0 Å². The van der Waals surface area contributed by atoms with Gasteiger partial charge in [0.15, 0.2) is 0 Å². The first kappa shape index (κ1) is 20.2. The average molecular weight is 402 g/mol. The van der Waals surface area contributed by atoms with E-state index in [-0.39, 0.29) is 17.0 Å². The van der Waals surface area contributed by atoms with Gasteiger partial charge in [-0.1, -0.05) is 56.3 Å². The van der Waals surface area contributed by atoms with E-state index < -0.39 is 23.9 Å². The highest BCUT2D eigenvalue weighted by atomic mass is 32.2. The van der Waals surface area contributed by atoms with Gasteiger partial charge in [-0.3, -0.25) is 4.90 Å². The molecule has 0 aromatic heterocycles. The van der Waals surface area contributed by atoms with E-state index in [9.17, 15) is 14.0 Å². The number of para-hydroxylation sites is 1. The van der Waals surface area contributed by atoms with Crippen LogP contribution >= 0.6 is 11.8 Å². The number of nitrogens with zero attached hydrogens (tertiary/aromatic N) is 1. The summed E-state index contributed by atoms with van der Waals surface area (Å²) < 4.78 is 19.4. The molecule has 0 spiro atoms. The summed E-state index contributed by atoms with van der Waals surface area (Å²) in [6, 6.07) is 14.2. The lowest BCUT2D eigenvalue weighted by molar-refractivity contribution is -0.149. The Morgan fingerprint density at radius 1 is 1.18 bits per heavy atom. The molecule has 2 amide bonds. The third-order valence-electron chi connectivity index (χ3n) is 4.27. The number of rotatable bonds is 5. The van der Waals surface area contributed by atoms with Crippen molar-refractivity contribution in [1.82, 2.24) is 4.90 Å². The maximum Gasteiger partial charge on any atom is 0.329 e. The zero-order valence-electron chi connectivity index (χ0n) is 15.8. The van der Waals surface area contributed by atoms with E-state index in [0.717, 1.165) is 5.56 Å². The van der Waals surface area contributed by atoms with Gasteiger partial charge in [-0.05, 0) is 23.6 Å². The van der Waals surface area contributed by atoms with Crippen LogP contribution in [-0.4, -0.2) is 35.3 Å². The Kier molecular flexibility index (Phi) is 6.57. The van der Waals surface area contributed by atoms with Crippen LogP contribution in [0.15, 0.2) is 54.6 Å². The molecule has 0 radical (unpaired) electrons. The molecule has 1 heterocycles. The highest BCUT2D eigenvalue weighted by molar-refractivity contribution is 7.99. The van der Waals surface area contributed by atoms with Crippen molar-refractivity contribution in [2.75, 3.05) is 17.7 Å². The Morgan fingerprint density at radius 2 is 1.86 bits per heavy atom. The fraction of sp³-hybridized carbons (Fsp3) is 0.333. The Balaban J connectivity index is 1.85. The first-order valence-corrected chi connectivity index (χ1v) is 10.2. The van der Waals surface area contributed by atoms with Crippen LogP contribution in [-0.2, 0) is 9.53 Å². The smallest absolute Gasteiger partial charge is 0.329 e. The van der Waals surface area contributed by atoms with E-state index in [4.69, 9.17) is 4.74 Å². The molecule has 0 saturated carbocycles. The highest BCUT2D eigenvalue weighted by Crippen LogP contribution is 2.42. The lowest BCUT2D eigenvalue weighted by Gasteiger charge is -2.29. The number of urea groups is 1. The van der Waals surface area contributed by atoms with E-state index in [1.165, 1.54) is 28.8 Å². The van der Waals surface area contributed by atoms with Crippen molar-refractivity contribution >= 4 is 29.4 Å². The number of anilines is 1. The molecule has 0 aliphatic carbocycles. The number of nitrogens with one attached hydrogen (secondary N) is 1. The second kappa shape index (κ2) is 9.10. The van der Waals surface area contributed by atoms with Crippen LogP contribution in [0.2, 0.25) is 0 Å². The number of hydrogen-bond acceptors (Lipinski definition) is 4. The number of esters is 1. The molecule has 1 saturated heterocycles. The number of ether oxygens (including phenoxy) is 1. The first-order valence-electron chi connectivity index (χ1n) is 9.14. The second-order valence-electron chi connectivity index (χ2n) is 6.95. The molecule has 3 rings (SSSR count). The van der Waals surface area contributed by atoms with Crippen molar-refractivity contribution in [2.24, 2.45) is 5.92 Å². The SMILES string of the molecule is CC(C)COC(=O)C1CSC(c2ccccc2)N1C(=O)Nc1ccccc1F. The van der Waals surface area contributed by atoms with Gasteiger partial charge in [0.2, 0.25) is 0 Å². The van der Waals surface area contributed by atoms with Crippen molar-refractivity contribution in [3.63, 3.8) is 0 Å². The van der Waals surface area contributed by atoms with Gasteiger partial charge >= 0.3 is 12.0 Å². The molecule has 2 unspecified atom stereocenters. The van der Waals surface area contributed by atoms with Gasteiger partial charge in [-0.15, -0.1) is 11.8 Å². The van der Waals surface area contributed by atoms with Crippen LogP contribution in [0.1, 0.15) is 24.8 Å². The molecule has 28 heavy (non-hydrogen) atoms. The molecule has 1 fully saturated rings. The Hall–Kier alpha value is -2.54. The van der Waals surface area contributed by atoms with Crippen molar-refractivity contribution in [2.45, 2.75) is 25.3 Å². The van der Waals surface area contributed by atoms with Gasteiger partial charge < -0.3 is 10.1 Å². The molecule has 148 valence electrons. The fourth-order valence-electron chi connectivity index (χ4n) is 2.90. The Labute approximate surface area is 168 Å². The molecule has 1 aliphatic rings. The molecule has 2 atom stereocenters. The zero-order chi connectivity index (χ0) is 20.1. The van der Waals surface area contributed by atoms with Gasteiger partial charge in [0, 0.05) is 5.75 Å². The van der Waals surface area contributed by atoms with E-state index in [1.807, 2.05) is 44.2 Å². The Morgan fingerprint density at radius 3 is 2.54 bits per heavy atom. The molecule has 2 aromatic rings. The largest absolute Gasteiger partial charge is 0.464 e. The number of thioether (sulfide) groups is 1. The number of carbonyl (C=O) groups is 2. The van der Waals surface area contributed by atoms with Crippen LogP contribution in [0, 0.1) is 11.7 Å². The summed E-state index contributed by atoms with van der Waals surface area (Å²) in [5.41, 5.74) is 0.973. The molecule has 0 bridgehead atoms. The predicted octanol–water partition coefficient (Wildman–Crippen LogP) is 4.67. The van der Waals surface area contributed by atoms with Crippen LogP contribution < -0.4 is 5.32 Å². The first-order chi connectivity index (χ1) is 13.5. The third-order valence-corrected chi connectivity index (χ3v) is 5.59. The number of hydrogen-bond donors (Lipinski definition) is 1. The average Bonchev–Trinajstić information content (AvgIpc) is 3.14. The van der Waals surface area contributed by atoms with Crippen LogP contribution in [0.3, 0.4) is 0 Å². The predicted molar refractivity (Wildman–Crippen MR) is 108 cm³/mol. The lowest BCUT2D eigenvalue weighted by atomic mass is 10.2. The number of amides is 2. The summed E-state index contributed by atoms with van der Waals surface area (Å²) in [4.78, 5) is 27.1. The molecule has 7 heteroatoms. The number of benzene rings is 2. The fourth-order valence-corrected chi connectivity index (χ4v) is 4.31. The normalized spacial score (nSPS) is 18.9. The minimum atomic E-state index is -0.735. The quantitative estimate of drug-likeness (QED) is 0.738. The molecule has 1 aliphatic heterocycles. The van der Waals surface area contributed by atoms with Crippen molar-refractivity contribution in [3.05, 3.63) is 66.0 Å². The van der Waals surface area contributed by atoms with Crippen LogP contribution in [0.4, 0.5) is 14.9 Å².